The predicted octanol–water partition coefficient (Wildman–Crippen LogP) is 4.75. The molecule has 3 aliphatic carbocycles. The van der Waals surface area contributed by atoms with Gasteiger partial charge in [-0.3, -0.25) is 4.79 Å². The van der Waals surface area contributed by atoms with Crippen LogP contribution in [0.15, 0.2) is 28.8 Å². The van der Waals surface area contributed by atoms with Crippen LogP contribution < -0.4 is 0 Å². The Bertz CT molecular complexity index is 678. The molecule has 0 aromatic heterocycles. The minimum atomic E-state index is -0.151. The van der Waals surface area contributed by atoms with Gasteiger partial charge >= 0.3 is 0 Å². The fourth-order valence-corrected chi connectivity index (χ4v) is 5.51. The Kier molecular flexibility index (Phi) is 3.26. The van der Waals surface area contributed by atoms with E-state index in [1.807, 2.05) is 12.1 Å². The Morgan fingerprint density at radius 1 is 1.32 bits per heavy atom. The molecule has 0 saturated heterocycles. The number of halogens is 1. The number of ketones is 1. The molecule has 3 heteroatoms. The highest BCUT2D eigenvalue weighted by Crippen LogP contribution is 2.57. The molecule has 0 unspecified atom stereocenters. The number of aryl methyl sites for hydroxylation is 1. The van der Waals surface area contributed by atoms with Crippen LogP contribution in [-0.2, 0) is 11.2 Å². The quantitative estimate of drug-likeness (QED) is 0.724. The second kappa shape index (κ2) is 4.95. The van der Waals surface area contributed by atoms with E-state index in [1.54, 1.807) is 0 Å². The van der Waals surface area contributed by atoms with Gasteiger partial charge in [-0.1, -0.05) is 13.0 Å². The highest BCUT2D eigenvalue weighted by atomic mass is 79.9. The normalized spacial score (nSPS) is 36.5. The average molecular weight is 361 g/mol. The zero-order chi connectivity index (χ0) is 15.5. The van der Waals surface area contributed by atoms with Gasteiger partial charge in [-0.25, -0.2) is 0 Å². The summed E-state index contributed by atoms with van der Waals surface area (Å²) in [6.07, 6.45) is 9.16. The first-order valence-electron chi connectivity index (χ1n) is 8.23. The molecule has 0 spiro atoms. The fraction of sp³-hybridized carbons (Fsp3) is 0.526. The summed E-state index contributed by atoms with van der Waals surface area (Å²) in [5.41, 5.74) is 2.54. The first-order chi connectivity index (χ1) is 10.5. The lowest BCUT2D eigenvalue weighted by atomic mass is 9.51. The molecule has 116 valence electrons. The van der Waals surface area contributed by atoms with Crippen molar-refractivity contribution in [2.24, 2.45) is 17.3 Å². The molecule has 22 heavy (non-hydrogen) atoms. The van der Waals surface area contributed by atoms with Gasteiger partial charge < -0.3 is 5.11 Å². The number of carbonyl (C=O) groups is 1. The van der Waals surface area contributed by atoms with E-state index in [4.69, 9.17) is 0 Å². The minimum Gasteiger partial charge on any atom is -0.507 e. The zero-order valence-electron chi connectivity index (χ0n) is 12.8. The number of carbonyl (C=O) groups excluding carboxylic acids is 1. The van der Waals surface area contributed by atoms with Gasteiger partial charge in [-0.15, -0.1) is 0 Å². The molecule has 2 nitrogen and oxygen atoms in total. The van der Waals surface area contributed by atoms with E-state index < -0.39 is 0 Å². The Labute approximate surface area is 139 Å². The molecule has 3 aliphatic rings. The molecule has 0 aliphatic heterocycles. The van der Waals surface area contributed by atoms with E-state index in [0.29, 0.717) is 29.3 Å². The summed E-state index contributed by atoms with van der Waals surface area (Å²) >= 11 is 3.46. The van der Waals surface area contributed by atoms with Crippen molar-refractivity contribution >= 4 is 21.7 Å². The number of allylic oxidation sites excluding steroid dienone is 2. The van der Waals surface area contributed by atoms with Crippen LogP contribution in [0.5, 0.6) is 5.75 Å². The number of rotatable bonds is 0. The fourth-order valence-electron chi connectivity index (χ4n) is 5.15. The number of phenols is 1. The van der Waals surface area contributed by atoms with Gasteiger partial charge in [0.15, 0.2) is 5.78 Å². The molecule has 0 bridgehead atoms. The number of benzene rings is 1. The van der Waals surface area contributed by atoms with Gasteiger partial charge in [0.1, 0.15) is 5.75 Å². The molecule has 0 heterocycles. The topological polar surface area (TPSA) is 37.3 Å². The SMILES string of the molecule is C[C@]12CC[C@@H]3c4cc(Br)c(O)cc4CC[C@H]3[C@@H]1CC=CC2=O. The minimum absolute atomic E-state index is 0.151. The Hall–Kier alpha value is -1.09. The maximum absolute atomic E-state index is 12.4. The summed E-state index contributed by atoms with van der Waals surface area (Å²) in [5.74, 6) is 2.28. The van der Waals surface area contributed by atoms with Crippen molar-refractivity contribution in [1.82, 2.24) is 0 Å². The Balaban J connectivity index is 1.75. The van der Waals surface area contributed by atoms with Crippen molar-refractivity contribution in [2.75, 3.05) is 0 Å². The number of phenolic OH excluding ortho intramolecular Hbond substituents is 1. The van der Waals surface area contributed by atoms with Gasteiger partial charge in [0.2, 0.25) is 0 Å². The largest absolute Gasteiger partial charge is 0.507 e. The molecule has 0 amide bonds. The van der Waals surface area contributed by atoms with Crippen molar-refractivity contribution in [3.63, 3.8) is 0 Å². The summed E-state index contributed by atoms with van der Waals surface area (Å²) in [4.78, 5) is 12.4. The summed E-state index contributed by atoms with van der Waals surface area (Å²) in [6.45, 7) is 2.18. The molecule has 1 N–H and O–H groups in total. The van der Waals surface area contributed by atoms with E-state index in [-0.39, 0.29) is 5.41 Å². The second-order valence-electron chi connectivity index (χ2n) is 7.38. The maximum atomic E-state index is 12.4. The molecule has 4 rings (SSSR count). The smallest absolute Gasteiger partial charge is 0.161 e. The van der Waals surface area contributed by atoms with Crippen LogP contribution in [-0.4, -0.2) is 10.9 Å². The average Bonchev–Trinajstić information content (AvgIpc) is 2.49. The van der Waals surface area contributed by atoms with Gasteiger partial charge in [-0.2, -0.15) is 0 Å². The monoisotopic (exact) mass is 360 g/mol. The zero-order valence-corrected chi connectivity index (χ0v) is 14.4. The Morgan fingerprint density at radius 2 is 2.14 bits per heavy atom. The molecule has 0 radical (unpaired) electrons. The molecule has 1 fully saturated rings. The van der Waals surface area contributed by atoms with E-state index in [1.165, 1.54) is 11.1 Å². The van der Waals surface area contributed by atoms with Crippen molar-refractivity contribution in [1.29, 1.82) is 0 Å². The van der Waals surface area contributed by atoms with Crippen LogP contribution in [0, 0.1) is 17.3 Å². The van der Waals surface area contributed by atoms with Crippen molar-refractivity contribution in [2.45, 2.75) is 44.9 Å². The van der Waals surface area contributed by atoms with Gasteiger partial charge in [-0.05, 0) is 95.1 Å². The van der Waals surface area contributed by atoms with E-state index in [0.717, 1.165) is 36.6 Å². The molecule has 1 saturated carbocycles. The van der Waals surface area contributed by atoms with Crippen LogP contribution >= 0.6 is 15.9 Å². The van der Waals surface area contributed by atoms with Gasteiger partial charge in [0, 0.05) is 5.41 Å². The van der Waals surface area contributed by atoms with E-state index in [2.05, 4.69) is 35.0 Å². The van der Waals surface area contributed by atoms with Crippen LogP contribution in [0.2, 0.25) is 0 Å². The van der Waals surface area contributed by atoms with Gasteiger partial charge in [0.05, 0.1) is 4.47 Å². The lowest BCUT2D eigenvalue weighted by molar-refractivity contribution is -0.131. The molecular formula is C19H21BrO2. The number of fused-ring (bicyclic) bond motifs is 5. The highest BCUT2D eigenvalue weighted by molar-refractivity contribution is 9.10. The lowest BCUT2D eigenvalue weighted by Crippen LogP contribution is -2.47. The molecule has 1 aromatic carbocycles. The maximum Gasteiger partial charge on any atom is 0.161 e. The number of aromatic hydroxyl groups is 1. The number of hydrogen-bond acceptors (Lipinski definition) is 2. The van der Waals surface area contributed by atoms with Crippen LogP contribution in [0.1, 0.15) is 49.7 Å². The van der Waals surface area contributed by atoms with Crippen molar-refractivity contribution in [3.8, 4) is 5.75 Å². The highest BCUT2D eigenvalue weighted by Gasteiger charge is 2.51. The lowest BCUT2D eigenvalue weighted by Gasteiger charge is -2.52. The molecular weight excluding hydrogens is 340 g/mol. The first-order valence-corrected chi connectivity index (χ1v) is 9.02. The first kappa shape index (κ1) is 14.5. The van der Waals surface area contributed by atoms with Crippen LogP contribution in [0.3, 0.4) is 0 Å². The summed E-state index contributed by atoms with van der Waals surface area (Å²) in [5, 5.41) is 9.93. The Morgan fingerprint density at radius 3 is 2.95 bits per heavy atom. The summed E-state index contributed by atoms with van der Waals surface area (Å²) < 4.78 is 0.792. The van der Waals surface area contributed by atoms with Crippen molar-refractivity contribution in [3.05, 3.63) is 39.9 Å². The molecule has 4 atom stereocenters. The third-order valence-corrected chi connectivity index (χ3v) is 7.04. The third kappa shape index (κ3) is 1.94. The van der Waals surface area contributed by atoms with Gasteiger partial charge in [0.25, 0.3) is 0 Å². The predicted molar refractivity (Wildman–Crippen MR) is 90.0 cm³/mol. The molecule has 1 aromatic rings. The standard InChI is InChI=1S/C19H21BrO2/c1-19-8-7-12-13(15(19)3-2-4-18(19)22)6-5-11-9-17(21)16(20)10-14(11)12/h2,4,9-10,12-13,15,21H,3,5-8H2,1H3/t12-,13+,15-,19-/m0/s1. The second-order valence-corrected chi connectivity index (χ2v) is 8.23. The summed E-state index contributed by atoms with van der Waals surface area (Å²) in [7, 11) is 0. The van der Waals surface area contributed by atoms with Crippen molar-refractivity contribution < 1.29 is 9.90 Å². The third-order valence-electron chi connectivity index (χ3n) is 6.40. The van der Waals surface area contributed by atoms with E-state index in [9.17, 15) is 9.90 Å². The van der Waals surface area contributed by atoms with Crippen LogP contribution in [0.4, 0.5) is 0 Å². The number of hydrogen-bond donors (Lipinski definition) is 1. The summed E-state index contributed by atoms with van der Waals surface area (Å²) in [6, 6.07) is 4.04. The van der Waals surface area contributed by atoms with E-state index >= 15 is 0 Å². The van der Waals surface area contributed by atoms with Crippen LogP contribution in [0.25, 0.3) is 0 Å².